The summed E-state index contributed by atoms with van der Waals surface area (Å²) in [5.41, 5.74) is 0. The first-order chi connectivity index (χ1) is 4.12. The second-order valence-electron chi connectivity index (χ2n) is 1.47. The summed E-state index contributed by atoms with van der Waals surface area (Å²) >= 11 is 0. The molecule has 0 unspecified atom stereocenters. The maximum absolute atomic E-state index is 12.1. The first-order valence-electron chi connectivity index (χ1n) is 2.44. The van der Waals surface area contributed by atoms with Gasteiger partial charge in [0, 0.05) is 0 Å². The van der Waals surface area contributed by atoms with Gasteiger partial charge in [-0.1, -0.05) is 25.3 Å². The summed E-state index contributed by atoms with van der Waals surface area (Å²) in [6.45, 7) is 6.19. The molecule has 0 rings (SSSR count). The average molecular weight is 130 g/mol. The smallest absolute Gasteiger partial charge is 0.197 e. The highest BCUT2D eigenvalue weighted by atomic mass is 19.3. The van der Waals surface area contributed by atoms with Crippen molar-refractivity contribution < 1.29 is 8.78 Å². The lowest BCUT2D eigenvalue weighted by atomic mass is 10.3. The van der Waals surface area contributed by atoms with Crippen molar-refractivity contribution in [3.8, 4) is 0 Å². The lowest BCUT2D eigenvalue weighted by Crippen LogP contribution is -2.05. The van der Waals surface area contributed by atoms with Crippen LogP contribution >= 0.6 is 0 Å². The molecule has 0 heterocycles. The maximum atomic E-state index is 12.1. The van der Waals surface area contributed by atoms with Crippen molar-refractivity contribution >= 4 is 0 Å². The van der Waals surface area contributed by atoms with Gasteiger partial charge in [-0.3, -0.25) is 0 Å². The van der Waals surface area contributed by atoms with E-state index in [9.17, 15) is 8.78 Å². The molecule has 9 heavy (non-hydrogen) atoms. The Bertz CT molecular complexity index is 134. The van der Waals surface area contributed by atoms with Crippen LogP contribution < -0.4 is 0 Å². The summed E-state index contributed by atoms with van der Waals surface area (Å²) in [5, 5.41) is 0. The van der Waals surface area contributed by atoms with Gasteiger partial charge in [-0.05, 0) is 12.2 Å². The van der Waals surface area contributed by atoms with Gasteiger partial charge < -0.3 is 0 Å². The largest absolute Gasteiger partial charge is 0.284 e. The van der Waals surface area contributed by atoms with E-state index in [-0.39, 0.29) is 0 Å². The minimum absolute atomic E-state index is 0.576. The molecule has 0 aromatic rings. The standard InChI is InChI=1S/C7H8F2/c1-3-5-6-7(8,9)4-2/h3-6H,1-2H2/b6-5-. The zero-order valence-corrected chi connectivity index (χ0v) is 4.98. The Labute approximate surface area is 53.2 Å². The Morgan fingerprint density at radius 3 is 2.11 bits per heavy atom. The molecule has 0 aliphatic carbocycles. The summed E-state index contributed by atoms with van der Waals surface area (Å²) < 4.78 is 24.2. The SMILES string of the molecule is C=C/C=C\C(F)(F)C=C. The lowest BCUT2D eigenvalue weighted by Gasteiger charge is -2.01. The first-order valence-corrected chi connectivity index (χ1v) is 2.44. The average Bonchev–Trinajstić information content (AvgIpc) is 1.84. The molecule has 0 saturated heterocycles. The second kappa shape index (κ2) is 3.17. The minimum atomic E-state index is -2.89. The predicted molar refractivity (Wildman–Crippen MR) is 34.5 cm³/mol. The van der Waals surface area contributed by atoms with Gasteiger partial charge in [0.25, 0.3) is 5.92 Å². The van der Waals surface area contributed by atoms with Crippen molar-refractivity contribution in [2.24, 2.45) is 0 Å². The molecule has 0 amide bonds. The Balaban J connectivity index is 3.99. The van der Waals surface area contributed by atoms with Crippen LogP contribution in [0.5, 0.6) is 0 Å². The Morgan fingerprint density at radius 2 is 1.78 bits per heavy atom. The van der Waals surface area contributed by atoms with Crippen molar-refractivity contribution in [1.82, 2.24) is 0 Å². The highest BCUT2D eigenvalue weighted by molar-refractivity contribution is 5.09. The van der Waals surface area contributed by atoms with Crippen LogP contribution in [-0.2, 0) is 0 Å². The minimum Gasteiger partial charge on any atom is -0.197 e. The molecule has 0 nitrogen and oxygen atoms in total. The molecule has 0 spiro atoms. The molecule has 50 valence electrons. The van der Waals surface area contributed by atoms with Gasteiger partial charge in [0.1, 0.15) is 0 Å². The molecule has 0 aliphatic heterocycles. The molecular formula is C7H8F2. The Kier molecular flexibility index (Phi) is 2.85. The van der Waals surface area contributed by atoms with E-state index in [0.717, 1.165) is 6.08 Å². The van der Waals surface area contributed by atoms with Crippen LogP contribution in [0, 0.1) is 0 Å². The third-order valence-electron chi connectivity index (χ3n) is 0.727. The van der Waals surface area contributed by atoms with Crippen molar-refractivity contribution in [3.63, 3.8) is 0 Å². The quantitative estimate of drug-likeness (QED) is 0.407. The number of hydrogen-bond donors (Lipinski definition) is 0. The number of hydrogen-bond acceptors (Lipinski definition) is 0. The van der Waals surface area contributed by atoms with Crippen molar-refractivity contribution in [3.05, 3.63) is 37.5 Å². The molecule has 0 saturated carbocycles. The Morgan fingerprint density at radius 1 is 1.22 bits per heavy atom. The summed E-state index contributed by atoms with van der Waals surface area (Å²) in [6, 6.07) is 0. The first kappa shape index (κ1) is 8.08. The number of alkyl halides is 2. The molecule has 0 N–H and O–H groups in total. The third kappa shape index (κ3) is 3.64. The highest BCUT2D eigenvalue weighted by Gasteiger charge is 2.17. The van der Waals surface area contributed by atoms with E-state index < -0.39 is 5.92 Å². The Hall–Kier alpha value is -0.920. The van der Waals surface area contributed by atoms with Crippen LogP contribution in [0.15, 0.2) is 37.5 Å². The molecule has 0 bridgehead atoms. The van der Waals surface area contributed by atoms with Gasteiger partial charge in [0.05, 0.1) is 0 Å². The van der Waals surface area contributed by atoms with Crippen LogP contribution in [0.4, 0.5) is 8.78 Å². The monoisotopic (exact) mass is 130 g/mol. The van der Waals surface area contributed by atoms with Gasteiger partial charge in [0.15, 0.2) is 0 Å². The van der Waals surface area contributed by atoms with E-state index in [1.54, 1.807) is 0 Å². The topological polar surface area (TPSA) is 0 Å². The second-order valence-corrected chi connectivity index (χ2v) is 1.47. The molecule has 0 aromatic heterocycles. The van der Waals surface area contributed by atoms with Crippen LogP contribution in [-0.4, -0.2) is 5.92 Å². The molecule has 0 radical (unpaired) electrons. The van der Waals surface area contributed by atoms with Crippen LogP contribution in [0.3, 0.4) is 0 Å². The van der Waals surface area contributed by atoms with Crippen molar-refractivity contribution in [2.75, 3.05) is 0 Å². The van der Waals surface area contributed by atoms with Gasteiger partial charge in [0.2, 0.25) is 0 Å². The van der Waals surface area contributed by atoms with Crippen molar-refractivity contribution in [2.45, 2.75) is 5.92 Å². The fourth-order valence-corrected chi connectivity index (χ4v) is 0.264. The third-order valence-corrected chi connectivity index (χ3v) is 0.727. The molecular weight excluding hydrogens is 122 g/mol. The summed E-state index contributed by atoms with van der Waals surface area (Å²) in [4.78, 5) is 0. The summed E-state index contributed by atoms with van der Waals surface area (Å²) in [7, 11) is 0. The fourth-order valence-electron chi connectivity index (χ4n) is 0.264. The summed E-state index contributed by atoms with van der Waals surface area (Å²) in [6.07, 6.45) is 3.78. The van der Waals surface area contributed by atoms with Gasteiger partial charge >= 0.3 is 0 Å². The zero-order valence-electron chi connectivity index (χ0n) is 4.98. The van der Waals surface area contributed by atoms with Crippen LogP contribution in [0.2, 0.25) is 0 Å². The molecule has 0 atom stereocenters. The fraction of sp³-hybridized carbons (Fsp3) is 0.143. The summed E-state index contributed by atoms with van der Waals surface area (Å²) in [5.74, 6) is -2.89. The van der Waals surface area contributed by atoms with E-state index in [4.69, 9.17) is 0 Å². The number of allylic oxidation sites excluding steroid dienone is 4. The van der Waals surface area contributed by atoms with Crippen LogP contribution in [0.1, 0.15) is 0 Å². The van der Waals surface area contributed by atoms with Gasteiger partial charge in [-0.25, -0.2) is 0 Å². The molecule has 0 aromatic carbocycles. The molecule has 0 fully saturated rings. The zero-order chi connectivity index (χ0) is 7.33. The normalized spacial score (nSPS) is 11.8. The van der Waals surface area contributed by atoms with Crippen molar-refractivity contribution in [1.29, 1.82) is 0 Å². The molecule has 0 aliphatic rings. The van der Waals surface area contributed by atoms with E-state index in [0.29, 0.717) is 6.08 Å². The van der Waals surface area contributed by atoms with E-state index >= 15 is 0 Å². The predicted octanol–water partition coefficient (Wildman–Crippen LogP) is 2.55. The van der Waals surface area contributed by atoms with E-state index in [1.165, 1.54) is 12.2 Å². The van der Waals surface area contributed by atoms with E-state index in [1.807, 2.05) is 0 Å². The van der Waals surface area contributed by atoms with Gasteiger partial charge in [-0.15, -0.1) is 0 Å². The lowest BCUT2D eigenvalue weighted by molar-refractivity contribution is 0.112. The molecule has 2 heteroatoms. The highest BCUT2D eigenvalue weighted by Crippen LogP contribution is 2.15. The number of rotatable bonds is 3. The van der Waals surface area contributed by atoms with Crippen LogP contribution in [0.25, 0.3) is 0 Å². The van der Waals surface area contributed by atoms with Gasteiger partial charge in [-0.2, -0.15) is 8.78 Å². The van der Waals surface area contributed by atoms with E-state index in [2.05, 4.69) is 13.2 Å². The maximum Gasteiger partial charge on any atom is 0.284 e. The number of halogens is 2.